The molecular weight excluding hydrogens is 282 g/mol. The van der Waals surface area contributed by atoms with Crippen molar-refractivity contribution in [3.05, 3.63) is 0 Å². The van der Waals surface area contributed by atoms with Crippen LogP contribution in [0, 0.1) is 11.3 Å². The lowest BCUT2D eigenvalue weighted by Crippen LogP contribution is -2.59. The first-order valence-electron chi connectivity index (χ1n) is 8.00. The van der Waals surface area contributed by atoms with Gasteiger partial charge >= 0.3 is 0 Å². The predicted octanol–water partition coefficient (Wildman–Crippen LogP) is 0.912. The molecule has 126 valence electrons. The molecule has 0 aromatic rings. The van der Waals surface area contributed by atoms with Crippen LogP contribution in [0.1, 0.15) is 47.5 Å². The van der Waals surface area contributed by atoms with Crippen molar-refractivity contribution in [2.24, 2.45) is 11.3 Å². The van der Waals surface area contributed by atoms with Gasteiger partial charge in [0.25, 0.3) is 0 Å². The van der Waals surface area contributed by atoms with Crippen molar-refractivity contribution in [1.82, 2.24) is 15.5 Å². The Labute approximate surface area is 133 Å². The summed E-state index contributed by atoms with van der Waals surface area (Å²) in [5.41, 5.74) is -0.419. The summed E-state index contributed by atoms with van der Waals surface area (Å²) in [6.45, 7) is 11.0. The van der Waals surface area contributed by atoms with Crippen LogP contribution in [0.3, 0.4) is 0 Å². The molecule has 1 unspecified atom stereocenters. The van der Waals surface area contributed by atoms with Gasteiger partial charge in [-0.05, 0) is 12.3 Å². The summed E-state index contributed by atoms with van der Waals surface area (Å²) in [6, 6.07) is -0.384. The molecule has 0 aliphatic carbocycles. The Morgan fingerprint density at radius 2 is 2.00 bits per heavy atom. The van der Waals surface area contributed by atoms with Crippen molar-refractivity contribution < 1.29 is 14.4 Å². The molecule has 0 saturated carbocycles. The number of piperazine rings is 1. The molecule has 3 amide bonds. The number of hydrogen-bond acceptors (Lipinski definition) is 3. The number of carbonyl (C=O) groups is 3. The van der Waals surface area contributed by atoms with Crippen LogP contribution in [0.15, 0.2) is 0 Å². The fourth-order valence-electron chi connectivity index (χ4n) is 2.48. The summed E-state index contributed by atoms with van der Waals surface area (Å²) in [6.07, 6.45) is 0.935. The Morgan fingerprint density at radius 3 is 2.55 bits per heavy atom. The van der Waals surface area contributed by atoms with Gasteiger partial charge in [-0.1, -0.05) is 34.6 Å². The molecule has 0 spiro atoms. The van der Waals surface area contributed by atoms with E-state index in [0.29, 0.717) is 32.5 Å². The standard InChI is InChI=1S/C16H29N3O3/c1-11(2)13-14(21)17-9-10-19(13)12(20)7-6-8-18-15(22)16(3,4)5/h11,13H,6-10H2,1-5H3,(H,17,21)(H,18,22). The molecule has 1 aliphatic rings. The van der Waals surface area contributed by atoms with Crippen molar-refractivity contribution in [3.63, 3.8) is 0 Å². The lowest BCUT2D eigenvalue weighted by Gasteiger charge is -2.37. The minimum absolute atomic E-state index is 0.0152. The number of nitrogens with one attached hydrogen (secondary N) is 2. The van der Waals surface area contributed by atoms with E-state index in [1.165, 1.54) is 0 Å². The van der Waals surface area contributed by atoms with E-state index < -0.39 is 5.41 Å². The van der Waals surface area contributed by atoms with Gasteiger partial charge in [0, 0.05) is 31.5 Å². The van der Waals surface area contributed by atoms with Crippen LogP contribution in [0.5, 0.6) is 0 Å². The van der Waals surface area contributed by atoms with Gasteiger partial charge in [-0.2, -0.15) is 0 Å². The Balaban J connectivity index is 2.44. The number of amides is 3. The molecule has 0 bridgehead atoms. The summed E-state index contributed by atoms with van der Waals surface area (Å²) in [5, 5.41) is 5.64. The van der Waals surface area contributed by atoms with E-state index in [1.54, 1.807) is 4.90 Å². The molecule has 0 aromatic carbocycles. The van der Waals surface area contributed by atoms with Crippen LogP contribution < -0.4 is 10.6 Å². The molecule has 1 rings (SSSR count). The second-order valence-electron chi connectivity index (χ2n) is 7.18. The minimum Gasteiger partial charge on any atom is -0.356 e. The molecule has 6 heteroatoms. The Bertz CT molecular complexity index is 427. The van der Waals surface area contributed by atoms with Gasteiger partial charge in [-0.3, -0.25) is 14.4 Å². The first-order valence-corrected chi connectivity index (χ1v) is 8.00. The van der Waals surface area contributed by atoms with Crippen LogP contribution in [-0.4, -0.2) is 48.3 Å². The smallest absolute Gasteiger partial charge is 0.243 e. The summed E-state index contributed by atoms with van der Waals surface area (Å²) in [5.74, 6) is -0.0172. The van der Waals surface area contributed by atoms with Crippen LogP contribution in [0.25, 0.3) is 0 Å². The third-order valence-corrected chi connectivity index (χ3v) is 3.74. The first-order chi connectivity index (χ1) is 10.1. The third kappa shape index (κ3) is 5.00. The summed E-state index contributed by atoms with van der Waals surface area (Å²) >= 11 is 0. The third-order valence-electron chi connectivity index (χ3n) is 3.74. The number of nitrogens with zero attached hydrogens (tertiary/aromatic N) is 1. The molecule has 1 fully saturated rings. The van der Waals surface area contributed by atoms with E-state index in [0.717, 1.165) is 0 Å². The predicted molar refractivity (Wildman–Crippen MR) is 85.0 cm³/mol. The molecule has 2 N–H and O–H groups in total. The van der Waals surface area contributed by atoms with Crippen LogP contribution in [-0.2, 0) is 14.4 Å². The maximum Gasteiger partial charge on any atom is 0.243 e. The van der Waals surface area contributed by atoms with Gasteiger partial charge in [0.2, 0.25) is 17.7 Å². The zero-order chi connectivity index (χ0) is 16.9. The molecule has 0 radical (unpaired) electrons. The minimum atomic E-state index is -0.419. The molecule has 1 atom stereocenters. The SMILES string of the molecule is CC(C)C1C(=O)NCCN1C(=O)CCCNC(=O)C(C)(C)C. The molecule has 0 aromatic heterocycles. The van der Waals surface area contributed by atoms with Gasteiger partial charge in [-0.25, -0.2) is 0 Å². The Kier molecular flexibility index (Phi) is 6.38. The van der Waals surface area contributed by atoms with Crippen LogP contribution in [0.2, 0.25) is 0 Å². The highest BCUT2D eigenvalue weighted by Gasteiger charge is 2.34. The zero-order valence-electron chi connectivity index (χ0n) is 14.4. The second kappa shape index (κ2) is 7.61. The Hall–Kier alpha value is -1.59. The molecule has 1 aliphatic heterocycles. The maximum absolute atomic E-state index is 12.3. The molecule has 1 saturated heterocycles. The van der Waals surface area contributed by atoms with E-state index in [4.69, 9.17) is 0 Å². The largest absolute Gasteiger partial charge is 0.356 e. The maximum atomic E-state index is 12.3. The molecule has 6 nitrogen and oxygen atoms in total. The highest BCUT2D eigenvalue weighted by molar-refractivity contribution is 5.89. The van der Waals surface area contributed by atoms with E-state index in [9.17, 15) is 14.4 Å². The van der Waals surface area contributed by atoms with Gasteiger partial charge in [-0.15, -0.1) is 0 Å². The quantitative estimate of drug-likeness (QED) is 0.741. The summed E-state index contributed by atoms with van der Waals surface area (Å²) in [4.78, 5) is 37.7. The summed E-state index contributed by atoms with van der Waals surface area (Å²) in [7, 11) is 0. The van der Waals surface area contributed by atoms with E-state index in [2.05, 4.69) is 10.6 Å². The highest BCUT2D eigenvalue weighted by Crippen LogP contribution is 2.16. The number of rotatable bonds is 5. The van der Waals surface area contributed by atoms with Crippen LogP contribution >= 0.6 is 0 Å². The normalized spacial score (nSPS) is 19.1. The molecule has 22 heavy (non-hydrogen) atoms. The number of carbonyl (C=O) groups excluding carboxylic acids is 3. The topological polar surface area (TPSA) is 78.5 Å². The van der Waals surface area contributed by atoms with Gasteiger partial charge in [0.05, 0.1) is 0 Å². The molecule has 1 heterocycles. The average Bonchev–Trinajstić information content (AvgIpc) is 2.41. The Morgan fingerprint density at radius 1 is 1.36 bits per heavy atom. The fourth-order valence-corrected chi connectivity index (χ4v) is 2.48. The summed E-state index contributed by atoms with van der Waals surface area (Å²) < 4.78 is 0. The van der Waals surface area contributed by atoms with Gasteiger partial charge < -0.3 is 15.5 Å². The van der Waals surface area contributed by atoms with Crippen molar-refractivity contribution >= 4 is 17.7 Å². The van der Waals surface area contributed by atoms with Gasteiger partial charge in [0.1, 0.15) is 6.04 Å². The first kappa shape index (κ1) is 18.5. The van der Waals surface area contributed by atoms with Crippen molar-refractivity contribution in [1.29, 1.82) is 0 Å². The monoisotopic (exact) mass is 311 g/mol. The number of hydrogen-bond donors (Lipinski definition) is 2. The lowest BCUT2D eigenvalue weighted by atomic mass is 9.95. The van der Waals surface area contributed by atoms with Crippen LogP contribution in [0.4, 0.5) is 0 Å². The van der Waals surface area contributed by atoms with Crippen molar-refractivity contribution in [3.8, 4) is 0 Å². The van der Waals surface area contributed by atoms with Crippen molar-refractivity contribution in [2.75, 3.05) is 19.6 Å². The van der Waals surface area contributed by atoms with E-state index in [1.807, 2.05) is 34.6 Å². The molecular formula is C16H29N3O3. The van der Waals surface area contributed by atoms with Crippen molar-refractivity contribution in [2.45, 2.75) is 53.5 Å². The van der Waals surface area contributed by atoms with E-state index >= 15 is 0 Å². The highest BCUT2D eigenvalue weighted by atomic mass is 16.2. The van der Waals surface area contributed by atoms with E-state index in [-0.39, 0.29) is 29.7 Å². The second-order valence-corrected chi connectivity index (χ2v) is 7.18. The lowest BCUT2D eigenvalue weighted by molar-refractivity contribution is -0.145. The zero-order valence-corrected chi connectivity index (χ0v) is 14.4. The fraction of sp³-hybridized carbons (Fsp3) is 0.812. The average molecular weight is 311 g/mol. The van der Waals surface area contributed by atoms with Gasteiger partial charge in [0.15, 0.2) is 0 Å².